The van der Waals surface area contributed by atoms with Crippen molar-refractivity contribution < 1.29 is 37.3 Å². The molecule has 0 unspecified atom stereocenters. The lowest BCUT2D eigenvalue weighted by Crippen LogP contribution is -2.73. The number of oxime groups is 1. The summed E-state index contributed by atoms with van der Waals surface area (Å²) in [5, 5.41) is 27.5. The zero-order chi connectivity index (χ0) is 30.7. The van der Waals surface area contributed by atoms with Crippen molar-refractivity contribution in [1.29, 1.82) is 0 Å². The number of aliphatic imine (C=N–C) groups is 1. The first kappa shape index (κ1) is 30.5. The van der Waals surface area contributed by atoms with Gasteiger partial charge < -0.3 is 37.8 Å². The van der Waals surface area contributed by atoms with Crippen molar-refractivity contribution >= 4 is 56.2 Å². The second kappa shape index (κ2) is 12.2. The van der Waals surface area contributed by atoms with Crippen molar-refractivity contribution in [1.82, 2.24) is 34.9 Å². The summed E-state index contributed by atoms with van der Waals surface area (Å²) >= 11 is 0.965. The second-order valence-corrected chi connectivity index (χ2v) is 11.4. The first-order valence-electron chi connectivity index (χ1n) is 12.3. The molecule has 2 atom stereocenters. The average molecular weight is 629 g/mol. The van der Waals surface area contributed by atoms with Crippen LogP contribution in [0.15, 0.2) is 21.7 Å². The van der Waals surface area contributed by atoms with E-state index >= 15 is 0 Å². The summed E-state index contributed by atoms with van der Waals surface area (Å²) in [6, 6.07) is -2.79. The Bertz CT molecular complexity index is 1520. The molecule has 0 bridgehead atoms. The van der Waals surface area contributed by atoms with Gasteiger partial charge in [-0.15, -0.1) is 16.4 Å². The van der Waals surface area contributed by atoms with Gasteiger partial charge in [0, 0.05) is 24.8 Å². The van der Waals surface area contributed by atoms with Gasteiger partial charge in [-0.2, -0.15) is 8.42 Å². The second-order valence-electron chi connectivity index (χ2n) is 9.23. The molecule has 1 saturated heterocycles. The number of nitrogens with two attached hydrogens (primary N) is 3. The predicted octanol–water partition coefficient (Wildman–Crippen LogP) is -3.39. The summed E-state index contributed by atoms with van der Waals surface area (Å²) in [5.41, 5.74) is 15.0. The fraction of sp³-hybridized carbons (Fsp3) is 0.500. The number of β-lactam (4-membered cyclic amide) rings is 1. The normalized spacial score (nSPS) is 20.1. The highest BCUT2D eigenvalue weighted by atomic mass is 32.2. The Morgan fingerprint density at radius 2 is 2.07 bits per heavy atom. The smallest absolute Gasteiger partial charge is 0.362 e. The van der Waals surface area contributed by atoms with E-state index in [-0.39, 0.29) is 47.0 Å². The Balaban J connectivity index is 1.50. The molecular formula is C20H28N12O8S2. The number of nitrogens with one attached hydrogen (secondary N) is 2. The van der Waals surface area contributed by atoms with Gasteiger partial charge in [-0.3, -0.25) is 14.1 Å². The number of hydrogen-bond donors (Lipinski definition) is 7. The van der Waals surface area contributed by atoms with Crippen LogP contribution < -0.4 is 27.8 Å². The van der Waals surface area contributed by atoms with Crippen LogP contribution in [0, 0.1) is 0 Å². The van der Waals surface area contributed by atoms with E-state index in [0.717, 1.165) is 11.3 Å². The molecule has 2 aliphatic rings. The van der Waals surface area contributed by atoms with E-state index in [1.54, 1.807) is 0 Å². The van der Waals surface area contributed by atoms with E-state index in [1.807, 2.05) is 0 Å². The molecule has 1 saturated carbocycles. The third-order valence-electron chi connectivity index (χ3n) is 6.15. The number of thiazole rings is 1. The van der Waals surface area contributed by atoms with Gasteiger partial charge in [0.15, 0.2) is 16.8 Å². The molecule has 4 rings (SSSR count). The predicted molar refractivity (Wildman–Crippen MR) is 145 cm³/mol. The third kappa shape index (κ3) is 6.89. The molecule has 1 aliphatic carbocycles. The monoisotopic (exact) mass is 628 g/mol. The summed E-state index contributed by atoms with van der Waals surface area (Å²) < 4.78 is 34.9. The summed E-state index contributed by atoms with van der Waals surface area (Å²) in [6.07, 6.45) is 2.43. The maximum atomic E-state index is 13.2. The minimum atomic E-state index is -5.01. The van der Waals surface area contributed by atoms with Crippen LogP contribution in [0.1, 0.15) is 30.7 Å². The fourth-order valence-corrected chi connectivity index (χ4v) is 5.19. The van der Waals surface area contributed by atoms with Gasteiger partial charge in [-0.25, -0.2) is 23.8 Å². The Kier molecular flexibility index (Phi) is 8.89. The van der Waals surface area contributed by atoms with Gasteiger partial charge in [0.1, 0.15) is 17.4 Å². The largest absolute Gasteiger partial charge is 0.478 e. The molecule has 2 aromatic rings. The Labute approximate surface area is 241 Å². The summed E-state index contributed by atoms with van der Waals surface area (Å²) in [4.78, 5) is 50.6. The van der Waals surface area contributed by atoms with E-state index in [4.69, 9.17) is 22.0 Å². The number of anilines is 1. The molecule has 22 heteroatoms. The van der Waals surface area contributed by atoms with Crippen LogP contribution in [0.25, 0.3) is 0 Å². The molecule has 0 radical (unpaired) electrons. The number of hydrogen-bond acceptors (Lipinski definition) is 14. The SMILES string of the molecule is NCCCNC(N)=NCc1cn(C[C@@H]2[C@H](NC(=O)/C(=N\OC3(C(=O)O)CC3)c3csc(N)n3)C(=O)N2S(=O)(=O)O)nn1. The highest BCUT2D eigenvalue weighted by Gasteiger charge is 2.56. The Morgan fingerprint density at radius 3 is 2.67 bits per heavy atom. The number of carboxylic acids is 1. The zero-order valence-corrected chi connectivity index (χ0v) is 23.4. The number of aromatic nitrogens is 4. The minimum absolute atomic E-state index is 0.0294. The lowest BCUT2D eigenvalue weighted by molar-refractivity contribution is -0.153. The van der Waals surface area contributed by atoms with E-state index in [0.29, 0.717) is 25.2 Å². The molecule has 228 valence electrons. The Morgan fingerprint density at radius 1 is 1.33 bits per heavy atom. The van der Waals surface area contributed by atoms with Gasteiger partial charge in [0.05, 0.1) is 25.3 Å². The van der Waals surface area contributed by atoms with Crippen LogP contribution in [0.4, 0.5) is 5.13 Å². The molecule has 2 fully saturated rings. The highest BCUT2D eigenvalue weighted by molar-refractivity contribution is 7.84. The van der Waals surface area contributed by atoms with Gasteiger partial charge >= 0.3 is 16.3 Å². The van der Waals surface area contributed by atoms with E-state index in [9.17, 15) is 32.5 Å². The number of amides is 2. The van der Waals surface area contributed by atoms with Crippen molar-refractivity contribution in [2.75, 3.05) is 18.8 Å². The lowest BCUT2D eigenvalue weighted by Gasteiger charge is -2.43. The quantitative estimate of drug-likeness (QED) is 0.0268. The number of guanidine groups is 1. The number of carbonyl (C=O) groups excluding carboxylic acids is 2. The number of nitrogens with zero attached hydrogens (tertiary/aromatic N) is 7. The molecular weight excluding hydrogens is 600 g/mol. The van der Waals surface area contributed by atoms with Crippen molar-refractivity contribution in [3.05, 3.63) is 23.0 Å². The summed E-state index contributed by atoms with van der Waals surface area (Å²) in [7, 11) is -5.01. The first-order chi connectivity index (χ1) is 19.8. The average Bonchev–Trinajstić information content (AvgIpc) is 3.38. The maximum Gasteiger partial charge on any atom is 0.362 e. The number of carbonyl (C=O) groups is 3. The summed E-state index contributed by atoms with van der Waals surface area (Å²) in [5.74, 6) is -3.29. The molecule has 1 aliphatic heterocycles. The highest BCUT2D eigenvalue weighted by Crippen LogP contribution is 2.40. The lowest BCUT2D eigenvalue weighted by atomic mass is 9.98. The van der Waals surface area contributed by atoms with Gasteiger partial charge in [-0.05, 0) is 13.0 Å². The van der Waals surface area contributed by atoms with Crippen LogP contribution in [0.5, 0.6) is 0 Å². The van der Waals surface area contributed by atoms with Crippen molar-refractivity contribution in [3.63, 3.8) is 0 Å². The van der Waals surface area contributed by atoms with Crippen LogP contribution in [0.2, 0.25) is 0 Å². The van der Waals surface area contributed by atoms with E-state index < -0.39 is 51.5 Å². The number of carboxylic acid groups (broad SMARTS) is 1. The first-order valence-corrected chi connectivity index (χ1v) is 14.6. The van der Waals surface area contributed by atoms with Gasteiger partial charge in [-0.1, -0.05) is 10.4 Å². The van der Waals surface area contributed by atoms with Crippen LogP contribution >= 0.6 is 11.3 Å². The van der Waals surface area contributed by atoms with E-state index in [2.05, 4.69) is 36.1 Å². The molecule has 0 spiro atoms. The van der Waals surface area contributed by atoms with Crippen molar-refractivity contribution in [2.24, 2.45) is 21.6 Å². The van der Waals surface area contributed by atoms with Gasteiger partial charge in [0.2, 0.25) is 5.60 Å². The molecule has 10 N–H and O–H groups in total. The number of nitrogen functional groups attached to an aromatic ring is 1. The zero-order valence-electron chi connectivity index (χ0n) is 21.8. The van der Waals surface area contributed by atoms with E-state index in [1.165, 1.54) is 16.3 Å². The maximum absolute atomic E-state index is 13.2. The molecule has 2 amide bonds. The standard InChI is InChI=1S/C20H28N12O8S2/c21-4-1-5-24-18(22)25-6-10-7-31(30-28-10)8-12-14(16(34)32(12)42(37,38)39)27-15(33)13(11-9-41-19(23)26-11)29-40-20(2-3-20)17(35)36/h7,9,12,14H,1-6,8,21H2,(H2,23,26)(H,27,33)(H,35,36)(H3,22,24,25)(H,37,38,39)/b29-13-/t12-,14+/m1/s1. The summed E-state index contributed by atoms with van der Waals surface area (Å²) in [6.45, 7) is 0.725. The van der Waals surface area contributed by atoms with Crippen molar-refractivity contribution in [3.8, 4) is 0 Å². The molecule has 0 aromatic carbocycles. The van der Waals surface area contributed by atoms with Crippen LogP contribution in [0.3, 0.4) is 0 Å². The third-order valence-corrected chi connectivity index (χ3v) is 7.77. The number of aliphatic carboxylic acids is 1. The molecule has 3 heterocycles. The number of rotatable bonds is 14. The molecule has 2 aromatic heterocycles. The molecule has 42 heavy (non-hydrogen) atoms. The Hall–Kier alpha value is -4.41. The topological polar surface area (TPSA) is 309 Å². The fourth-order valence-electron chi connectivity index (χ4n) is 3.77. The van der Waals surface area contributed by atoms with Crippen LogP contribution in [-0.2, 0) is 42.6 Å². The minimum Gasteiger partial charge on any atom is -0.478 e. The van der Waals surface area contributed by atoms with Gasteiger partial charge in [0.25, 0.3) is 11.8 Å². The van der Waals surface area contributed by atoms with Crippen LogP contribution in [-0.4, -0.2) is 103 Å². The molecule has 20 nitrogen and oxygen atoms in total. The van der Waals surface area contributed by atoms with Crippen molar-refractivity contribution in [2.45, 2.75) is 50.0 Å².